The average molecular weight is 227 g/mol. The summed E-state index contributed by atoms with van der Waals surface area (Å²) >= 11 is 0. The predicted molar refractivity (Wildman–Crippen MR) is 60.9 cm³/mol. The zero-order valence-corrected chi connectivity index (χ0v) is 9.70. The molecule has 16 heavy (non-hydrogen) atoms. The maximum atomic E-state index is 13.0. The highest BCUT2D eigenvalue weighted by molar-refractivity contribution is 5.33. The van der Waals surface area contributed by atoms with Gasteiger partial charge in [-0.05, 0) is 24.6 Å². The summed E-state index contributed by atoms with van der Waals surface area (Å²) in [4.78, 5) is 0. The molecule has 0 heterocycles. The minimum absolute atomic E-state index is 0.0274. The van der Waals surface area contributed by atoms with Gasteiger partial charge in [0.1, 0.15) is 11.6 Å². The minimum Gasteiger partial charge on any atom is -0.496 e. The highest BCUT2D eigenvalue weighted by Crippen LogP contribution is 2.20. The van der Waals surface area contributed by atoms with Gasteiger partial charge in [-0.3, -0.25) is 0 Å². The van der Waals surface area contributed by atoms with Crippen LogP contribution in [0.1, 0.15) is 18.9 Å². The Bertz CT molecular complexity index is 331. The standard InChI is InChI=1S/C12H18FNO2/c1-3-11(14)8-16-7-9-6-10(13)4-5-12(9)15-2/h4-6,11H,3,7-8,14H2,1-2H3. The van der Waals surface area contributed by atoms with Crippen LogP contribution in [0.5, 0.6) is 5.75 Å². The molecule has 0 bridgehead atoms. The topological polar surface area (TPSA) is 44.5 Å². The van der Waals surface area contributed by atoms with Crippen molar-refractivity contribution >= 4 is 0 Å². The van der Waals surface area contributed by atoms with Crippen LogP contribution in [-0.2, 0) is 11.3 Å². The molecule has 0 saturated carbocycles. The number of nitrogens with two attached hydrogens (primary N) is 1. The van der Waals surface area contributed by atoms with E-state index in [4.69, 9.17) is 15.2 Å². The molecule has 1 aromatic rings. The highest BCUT2D eigenvalue weighted by Gasteiger charge is 2.06. The third-order valence-corrected chi connectivity index (χ3v) is 2.36. The van der Waals surface area contributed by atoms with Crippen molar-refractivity contribution in [2.24, 2.45) is 5.73 Å². The highest BCUT2D eigenvalue weighted by atomic mass is 19.1. The molecule has 0 fully saturated rings. The molecule has 1 atom stereocenters. The summed E-state index contributed by atoms with van der Waals surface area (Å²) in [5.74, 6) is 0.339. The summed E-state index contributed by atoms with van der Waals surface area (Å²) in [5.41, 5.74) is 6.41. The molecule has 3 nitrogen and oxygen atoms in total. The third kappa shape index (κ3) is 3.79. The van der Waals surface area contributed by atoms with Crippen molar-refractivity contribution in [3.63, 3.8) is 0 Å². The Kier molecular flexibility index (Phi) is 5.22. The molecular formula is C12H18FNO2. The molecule has 2 N–H and O–H groups in total. The number of hydrogen-bond donors (Lipinski definition) is 1. The van der Waals surface area contributed by atoms with Gasteiger partial charge >= 0.3 is 0 Å². The van der Waals surface area contributed by atoms with Gasteiger partial charge in [-0.2, -0.15) is 0 Å². The van der Waals surface area contributed by atoms with Crippen molar-refractivity contribution < 1.29 is 13.9 Å². The smallest absolute Gasteiger partial charge is 0.124 e. The van der Waals surface area contributed by atoms with Crippen molar-refractivity contribution in [3.8, 4) is 5.75 Å². The van der Waals surface area contributed by atoms with Gasteiger partial charge in [-0.25, -0.2) is 4.39 Å². The first-order valence-corrected chi connectivity index (χ1v) is 5.33. The van der Waals surface area contributed by atoms with E-state index in [0.29, 0.717) is 24.5 Å². The molecule has 0 radical (unpaired) electrons. The van der Waals surface area contributed by atoms with Crippen LogP contribution in [0.3, 0.4) is 0 Å². The van der Waals surface area contributed by atoms with Crippen LogP contribution in [0.25, 0.3) is 0 Å². The number of ether oxygens (including phenoxy) is 2. The van der Waals surface area contributed by atoms with Crippen LogP contribution in [0.15, 0.2) is 18.2 Å². The largest absolute Gasteiger partial charge is 0.496 e. The molecule has 0 aromatic heterocycles. The van der Waals surface area contributed by atoms with E-state index in [1.807, 2.05) is 6.92 Å². The van der Waals surface area contributed by atoms with E-state index in [1.165, 1.54) is 12.1 Å². The lowest BCUT2D eigenvalue weighted by Crippen LogP contribution is -2.24. The van der Waals surface area contributed by atoms with Gasteiger partial charge in [-0.1, -0.05) is 6.92 Å². The van der Waals surface area contributed by atoms with E-state index >= 15 is 0 Å². The zero-order chi connectivity index (χ0) is 12.0. The molecule has 0 amide bonds. The molecule has 90 valence electrons. The maximum Gasteiger partial charge on any atom is 0.124 e. The summed E-state index contributed by atoms with van der Waals surface area (Å²) in [6.07, 6.45) is 0.861. The molecule has 0 saturated heterocycles. The Morgan fingerprint density at radius 2 is 2.19 bits per heavy atom. The number of halogens is 1. The van der Waals surface area contributed by atoms with Crippen LogP contribution in [0.2, 0.25) is 0 Å². The second-order valence-corrected chi connectivity index (χ2v) is 3.64. The lowest BCUT2D eigenvalue weighted by atomic mass is 10.2. The number of benzene rings is 1. The van der Waals surface area contributed by atoms with Gasteiger partial charge < -0.3 is 15.2 Å². The molecule has 0 spiro atoms. The van der Waals surface area contributed by atoms with Gasteiger partial charge in [0.2, 0.25) is 0 Å². The number of methoxy groups -OCH3 is 1. The van der Waals surface area contributed by atoms with Crippen molar-refractivity contribution in [3.05, 3.63) is 29.6 Å². The van der Waals surface area contributed by atoms with Crippen LogP contribution < -0.4 is 10.5 Å². The second-order valence-electron chi connectivity index (χ2n) is 3.64. The third-order valence-electron chi connectivity index (χ3n) is 2.36. The monoisotopic (exact) mass is 227 g/mol. The maximum absolute atomic E-state index is 13.0. The summed E-state index contributed by atoms with van der Waals surface area (Å²) in [7, 11) is 1.55. The van der Waals surface area contributed by atoms with Gasteiger partial charge in [0.25, 0.3) is 0 Å². The molecule has 1 unspecified atom stereocenters. The Labute approximate surface area is 95.4 Å². The van der Waals surface area contributed by atoms with Gasteiger partial charge in [-0.15, -0.1) is 0 Å². The Hall–Kier alpha value is -1.13. The van der Waals surface area contributed by atoms with Crippen LogP contribution in [-0.4, -0.2) is 19.8 Å². The van der Waals surface area contributed by atoms with Crippen LogP contribution in [0.4, 0.5) is 4.39 Å². The molecular weight excluding hydrogens is 209 g/mol. The lowest BCUT2D eigenvalue weighted by molar-refractivity contribution is 0.105. The van der Waals surface area contributed by atoms with E-state index in [9.17, 15) is 4.39 Å². The normalized spacial score (nSPS) is 12.5. The summed E-state index contributed by atoms with van der Waals surface area (Å²) in [5, 5.41) is 0. The zero-order valence-electron chi connectivity index (χ0n) is 9.70. The first kappa shape index (κ1) is 12.9. The van der Waals surface area contributed by atoms with Crippen molar-refractivity contribution in [2.45, 2.75) is 26.0 Å². The molecule has 0 aliphatic heterocycles. The van der Waals surface area contributed by atoms with E-state index < -0.39 is 0 Å². The fourth-order valence-electron chi connectivity index (χ4n) is 1.30. The van der Waals surface area contributed by atoms with Gasteiger partial charge in [0, 0.05) is 11.6 Å². The summed E-state index contributed by atoms with van der Waals surface area (Å²) in [6.45, 7) is 2.78. The molecule has 0 aliphatic rings. The average Bonchev–Trinajstić information content (AvgIpc) is 2.29. The van der Waals surface area contributed by atoms with E-state index in [1.54, 1.807) is 13.2 Å². The van der Waals surface area contributed by atoms with E-state index in [-0.39, 0.29) is 11.9 Å². The summed E-state index contributed by atoms with van der Waals surface area (Å²) < 4.78 is 23.5. The van der Waals surface area contributed by atoms with E-state index in [0.717, 1.165) is 6.42 Å². The van der Waals surface area contributed by atoms with Gasteiger partial charge in [0.15, 0.2) is 0 Å². The fourth-order valence-corrected chi connectivity index (χ4v) is 1.30. The number of hydrogen-bond acceptors (Lipinski definition) is 3. The van der Waals surface area contributed by atoms with Crippen LogP contribution in [0, 0.1) is 5.82 Å². The van der Waals surface area contributed by atoms with Crippen molar-refractivity contribution in [1.82, 2.24) is 0 Å². The summed E-state index contributed by atoms with van der Waals surface area (Å²) in [6, 6.07) is 4.39. The lowest BCUT2D eigenvalue weighted by Gasteiger charge is -2.12. The van der Waals surface area contributed by atoms with Gasteiger partial charge in [0.05, 0.1) is 20.3 Å². The van der Waals surface area contributed by atoms with Crippen molar-refractivity contribution in [1.29, 1.82) is 0 Å². The first-order chi connectivity index (χ1) is 7.67. The minimum atomic E-state index is -0.292. The van der Waals surface area contributed by atoms with Crippen LogP contribution >= 0.6 is 0 Å². The molecule has 4 heteroatoms. The predicted octanol–water partition coefficient (Wildman–Crippen LogP) is 2.09. The molecule has 1 rings (SSSR count). The van der Waals surface area contributed by atoms with E-state index in [2.05, 4.69) is 0 Å². The molecule has 1 aromatic carbocycles. The molecule has 0 aliphatic carbocycles. The number of rotatable bonds is 6. The van der Waals surface area contributed by atoms with Crippen molar-refractivity contribution in [2.75, 3.05) is 13.7 Å². The Morgan fingerprint density at radius 3 is 2.81 bits per heavy atom. The fraction of sp³-hybridized carbons (Fsp3) is 0.500. The second kappa shape index (κ2) is 6.45. The SMILES string of the molecule is CCC(N)COCc1cc(F)ccc1OC. The first-order valence-electron chi connectivity index (χ1n) is 5.33. The Balaban J connectivity index is 2.55. The quantitative estimate of drug-likeness (QED) is 0.809. The Morgan fingerprint density at radius 1 is 1.44 bits per heavy atom.